The van der Waals surface area contributed by atoms with Gasteiger partial charge in [0.05, 0.1) is 17.1 Å². The molecular formula is C21H23N7O2. The minimum atomic E-state index is -0.135. The summed E-state index contributed by atoms with van der Waals surface area (Å²) in [6.45, 7) is 5.16. The van der Waals surface area contributed by atoms with Gasteiger partial charge >= 0.3 is 0 Å². The maximum Gasteiger partial charge on any atom is 0.251 e. The number of benzene rings is 2. The average Bonchev–Trinajstić information content (AvgIpc) is 3.24. The number of hydrogen-bond acceptors (Lipinski definition) is 7. The molecule has 0 saturated carbocycles. The number of carbonyl (C=O) groups excluding carboxylic acids is 1. The van der Waals surface area contributed by atoms with Gasteiger partial charge in [-0.15, -0.1) is 5.10 Å². The number of amides is 1. The molecule has 0 atom stereocenters. The lowest BCUT2D eigenvalue weighted by Crippen LogP contribution is -2.25. The number of aromatic nitrogens is 5. The number of ether oxygens (including phenoxy) is 1. The van der Waals surface area contributed by atoms with Crippen molar-refractivity contribution >= 4 is 34.1 Å². The lowest BCUT2D eigenvalue weighted by atomic mass is 10.2. The van der Waals surface area contributed by atoms with Gasteiger partial charge in [0.2, 0.25) is 5.65 Å². The molecule has 4 aromatic rings. The van der Waals surface area contributed by atoms with Crippen molar-refractivity contribution in [3.05, 3.63) is 54.1 Å². The molecule has 2 heterocycles. The highest BCUT2D eigenvalue weighted by atomic mass is 16.5. The van der Waals surface area contributed by atoms with Crippen LogP contribution in [0.4, 0.5) is 11.5 Å². The number of tetrazole rings is 1. The van der Waals surface area contributed by atoms with E-state index in [-0.39, 0.29) is 12.0 Å². The largest absolute Gasteiger partial charge is 0.379 e. The van der Waals surface area contributed by atoms with E-state index in [4.69, 9.17) is 4.74 Å². The summed E-state index contributed by atoms with van der Waals surface area (Å²) in [5.74, 6) is 0.381. The number of nitrogens with zero attached hydrogens (tertiary/aromatic N) is 5. The van der Waals surface area contributed by atoms with Crippen LogP contribution in [0.5, 0.6) is 0 Å². The number of anilines is 2. The summed E-state index contributed by atoms with van der Waals surface area (Å²) in [5, 5.41) is 18.1. The van der Waals surface area contributed by atoms with Crippen LogP contribution in [0.1, 0.15) is 30.6 Å². The molecule has 154 valence electrons. The minimum absolute atomic E-state index is 0.135. The fourth-order valence-corrected chi connectivity index (χ4v) is 3.06. The van der Waals surface area contributed by atoms with Gasteiger partial charge in [-0.1, -0.05) is 18.2 Å². The maximum absolute atomic E-state index is 12.5. The number of carbonyl (C=O) groups is 1. The zero-order valence-electron chi connectivity index (χ0n) is 16.9. The van der Waals surface area contributed by atoms with E-state index < -0.39 is 0 Å². The van der Waals surface area contributed by atoms with Crippen LogP contribution in [-0.4, -0.2) is 50.2 Å². The van der Waals surface area contributed by atoms with Gasteiger partial charge in [0.1, 0.15) is 0 Å². The normalized spacial score (nSPS) is 11.3. The highest BCUT2D eigenvalue weighted by Gasteiger charge is 2.12. The molecule has 1 amide bonds. The summed E-state index contributed by atoms with van der Waals surface area (Å²) < 4.78 is 7.13. The first kappa shape index (κ1) is 19.7. The Morgan fingerprint density at radius 2 is 2.03 bits per heavy atom. The van der Waals surface area contributed by atoms with Crippen LogP contribution in [0.3, 0.4) is 0 Å². The predicted octanol–water partition coefficient (Wildman–Crippen LogP) is 2.96. The Bertz CT molecular complexity index is 1170. The van der Waals surface area contributed by atoms with Crippen molar-refractivity contribution in [1.29, 1.82) is 0 Å². The Hall–Kier alpha value is -3.59. The Labute approximate surface area is 173 Å². The molecule has 0 bridgehead atoms. The summed E-state index contributed by atoms with van der Waals surface area (Å²) in [6.07, 6.45) is 0.958. The molecule has 2 N–H and O–H groups in total. The highest BCUT2D eigenvalue weighted by molar-refractivity contribution is 5.95. The van der Waals surface area contributed by atoms with Crippen molar-refractivity contribution in [2.45, 2.75) is 26.4 Å². The third-order valence-electron chi connectivity index (χ3n) is 4.47. The first-order valence-corrected chi connectivity index (χ1v) is 9.85. The maximum atomic E-state index is 12.5. The molecule has 0 unspecified atom stereocenters. The number of nitrogens with one attached hydrogen (secondary N) is 2. The lowest BCUT2D eigenvalue weighted by Gasteiger charge is -2.10. The smallest absolute Gasteiger partial charge is 0.251 e. The molecule has 0 radical (unpaired) electrons. The van der Waals surface area contributed by atoms with Crippen LogP contribution in [-0.2, 0) is 4.74 Å². The Balaban J connectivity index is 1.49. The fraction of sp³-hybridized carbons (Fsp3) is 0.286. The zero-order valence-corrected chi connectivity index (χ0v) is 16.9. The molecule has 0 aliphatic carbocycles. The van der Waals surface area contributed by atoms with E-state index in [1.165, 1.54) is 0 Å². The molecule has 0 aliphatic heterocycles. The van der Waals surface area contributed by atoms with Gasteiger partial charge in [-0.25, -0.2) is 4.98 Å². The van der Waals surface area contributed by atoms with E-state index in [0.717, 1.165) is 23.1 Å². The van der Waals surface area contributed by atoms with Crippen LogP contribution < -0.4 is 10.6 Å². The monoisotopic (exact) mass is 405 g/mol. The molecule has 9 nitrogen and oxygen atoms in total. The molecule has 4 rings (SSSR count). The number of hydrogen-bond donors (Lipinski definition) is 2. The SMILES string of the molecule is CC(C)OCCCNC(=O)c1cccc(Nc2nc3ccccc3n3nnnc23)c1. The van der Waals surface area contributed by atoms with Crippen LogP contribution in [0.15, 0.2) is 48.5 Å². The minimum Gasteiger partial charge on any atom is -0.379 e. The van der Waals surface area contributed by atoms with Gasteiger partial charge in [0, 0.05) is 24.4 Å². The van der Waals surface area contributed by atoms with Gasteiger partial charge in [-0.05, 0) is 61.0 Å². The van der Waals surface area contributed by atoms with Crippen molar-refractivity contribution < 1.29 is 9.53 Å². The third kappa shape index (κ3) is 4.36. The number of rotatable bonds is 8. The van der Waals surface area contributed by atoms with Crippen LogP contribution in [0.25, 0.3) is 16.7 Å². The van der Waals surface area contributed by atoms with Gasteiger partial charge in [0.15, 0.2) is 5.82 Å². The number of para-hydroxylation sites is 2. The lowest BCUT2D eigenvalue weighted by molar-refractivity contribution is 0.0757. The molecule has 0 saturated heterocycles. The summed E-state index contributed by atoms with van der Waals surface area (Å²) in [5.41, 5.74) is 3.36. The Kier molecular flexibility index (Phi) is 5.80. The molecule has 0 spiro atoms. The Morgan fingerprint density at radius 3 is 2.90 bits per heavy atom. The van der Waals surface area contributed by atoms with Gasteiger partial charge in [0.25, 0.3) is 5.91 Å². The van der Waals surface area contributed by atoms with Gasteiger partial charge < -0.3 is 15.4 Å². The summed E-state index contributed by atoms with van der Waals surface area (Å²) in [6, 6.07) is 14.9. The second kappa shape index (κ2) is 8.83. The average molecular weight is 405 g/mol. The van der Waals surface area contributed by atoms with E-state index in [1.807, 2.05) is 50.2 Å². The van der Waals surface area contributed by atoms with Crippen molar-refractivity contribution in [3.63, 3.8) is 0 Å². The number of fused-ring (bicyclic) bond motifs is 3. The van der Waals surface area contributed by atoms with Crippen LogP contribution in [0.2, 0.25) is 0 Å². The summed E-state index contributed by atoms with van der Waals surface area (Å²) in [4.78, 5) is 17.1. The molecule has 30 heavy (non-hydrogen) atoms. The van der Waals surface area contributed by atoms with Gasteiger partial charge in [-0.2, -0.15) is 4.52 Å². The van der Waals surface area contributed by atoms with Crippen molar-refractivity contribution in [3.8, 4) is 0 Å². The van der Waals surface area contributed by atoms with Crippen molar-refractivity contribution in [1.82, 2.24) is 30.3 Å². The van der Waals surface area contributed by atoms with E-state index in [0.29, 0.717) is 30.2 Å². The molecule has 2 aromatic heterocycles. The molecule has 0 fully saturated rings. The molecule has 2 aromatic carbocycles. The Morgan fingerprint density at radius 1 is 1.17 bits per heavy atom. The van der Waals surface area contributed by atoms with Crippen LogP contribution >= 0.6 is 0 Å². The highest BCUT2D eigenvalue weighted by Crippen LogP contribution is 2.23. The molecular weight excluding hydrogens is 382 g/mol. The van der Waals surface area contributed by atoms with Gasteiger partial charge in [-0.3, -0.25) is 4.79 Å². The third-order valence-corrected chi connectivity index (χ3v) is 4.47. The molecule has 0 aliphatic rings. The first-order chi connectivity index (χ1) is 14.6. The predicted molar refractivity (Wildman–Crippen MR) is 114 cm³/mol. The summed E-state index contributed by atoms with van der Waals surface area (Å²) >= 11 is 0. The second-order valence-corrected chi connectivity index (χ2v) is 7.10. The fourth-order valence-electron chi connectivity index (χ4n) is 3.06. The second-order valence-electron chi connectivity index (χ2n) is 7.10. The van der Waals surface area contributed by atoms with Crippen molar-refractivity contribution in [2.24, 2.45) is 0 Å². The zero-order chi connectivity index (χ0) is 20.9. The standard InChI is InChI=1S/C21H23N7O2/c1-14(2)30-12-6-11-22-21(29)15-7-5-8-16(13-15)23-19-20-25-26-27-28(20)18-10-4-3-9-17(18)24-19/h3-5,7-10,13-14H,6,11-12H2,1-2H3,(H,22,29)(H,23,24). The molecule has 9 heteroatoms. The van der Waals surface area contributed by atoms with Crippen molar-refractivity contribution in [2.75, 3.05) is 18.5 Å². The van der Waals surface area contributed by atoms with E-state index in [2.05, 4.69) is 31.1 Å². The quantitative estimate of drug-likeness (QED) is 0.434. The van der Waals surface area contributed by atoms with Crippen LogP contribution in [0, 0.1) is 0 Å². The van der Waals surface area contributed by atoms with E-state index in [9.17, 15) is 4.79 Å². The van der Waals surface area contributed by atoms with E-state index >= 15 is 0 Å². The summed E-state index contributed by atoms with van der Waals surface area (Å²) in [7, 11) is 0. The van der Waals surface area contributed by atoms with E-state index in [1.54, 1.807) is 16.6 Å². The topological polar surface area (TPSA) is 106 Å². The first-order valence-electron chi connectivity index (χ1n) is 9.85.